The molecule has 1 heterocycles. The van der Waals surface area contributed by atoms with Gasteiger partial charge in [0.2, 0.25) is 0 Å². The molecule has 1 atom stereocenters. The third-order valence-electron chi connectivity index (χ3n) is 1.76. The largest absolute Gasteiger partial charge is 0.486 e. The minimum absolute atomic E-state index is 0.698. The van der Waals surface area contributed by atoms with Gasteiger partial charge in [0.1, 0.15) is 0 Å². The second-order valence-electron chi connectivity index (χ2n) is 3.01. The summed E-state index contributed by atoms with van der Waals surface area (Å²) in [6.45, 7) is 1.57. The molecule has 0 saturated heterocycles. The third-order valence-corrected chi connectivity index (χ3v) is 4.48. The number of rotatable bonds is 6. The van der Waals surface area contributed by atoms with Crippen molar-refractivity contribution in [1.29, 1.82) is 0 Å². The molecular formula is C9H14BrNO2S2. The van der Waals surface area contributed by atoms with Crippen LogP contribution in [-0.4, -0.2) is 29.9 Å². The van der Waals surface area contributed by atoms with Crippen LogP contribution in [0.2, 0.25) is 0 Å². The van der Waals surface area contributed by atoms with Gasteiger partial charge in [-0.2, -0.15) is 0 Å². The van der Waals surface area contributed by atoms with Crippen LogP contribution in [0.3, 0.4) is 0 Å². The molecule has 0 aliphatic heterocycles. The smallest absolute Gasteiger partial charge is 0.188 e. The Morgan fingerprint density at radius 2 is 2.40 bits per heavy atom. The van der Waals surface area contributed by atoms with E-state index >= 15 is 0 Å². The zero-order valence-corrected chi connectivity index (χ0v) is 11.9. The Bertz CT molecular complexity index is 341. The van der Waals surface area contributed by atoms with Crippen molar-refractivity contribution in [3.8, 4) is 5.06 Å². The molecular weight excluding hydrogens is 298 g/mol. The number of hydrogen-bond acceptors (Lipinski definition) is 4. The lowest BCUT2D eigenvalue weighted by Crippen LogP contribution is -2.18. The van der Waals surface area contributed by atoms with Gasteiger partial charge in [-0.3, -0.25) is 4.21 Å². The number of hydrogen-bond donors (Lipinski definition) is 1. The highest BCUT2D eigenvalue weighted by Gasteiger charge is 2.06. The highest BCUT2D eigenvalue weighted by atomic mass is 79.9. The van der Waals surface area contributed by atoms with Gasteiger partial charge < -0.3 is 10.1 Å². The molecule has 0 spiro atoms. The molecule has 0 aliphatic rings. The van der Waals surface area contributed by atoms with E-state index in [1.807, 2.05) is 6.07 Å². The molecule has 0 saturated carbocycles. The van der Waals surface area contributed by atoms with Gasteiger partial charge in [0.15, 0.2) is 5.06 Å². The molecule has 6 heteroatoms. The van der Waals surface area contributed by atoms with Crippen LogP contribution in [0.5, 0.6) is 5.06 Å². The molecule has 86 valence electrons. The van der Waals surface area contributed by atoms with E-state index in [9.17, 15) is 4.21 Å². The minimum Gasteiger partial charge on any atom is -0.486 e. The first kappa shape index (κ1) is 13.2. The van der Waals surface area contributed by atoms with Crippen LogP contribution < -0.4 is 10.1 Å². The van der Waals surface area contributed by atoms with Crippen molar-refractivity contribution >= 4 is 38.1 Å². The standard InChI is InChI=1S/C9H14BrNO2S2/c1-13-9-8(10)5-7(14-9)6-11-3-4-15(2)12/h5,11H,3-4,6H2,1-2H3. The van der Waals surface area contributed by atoms with E-state index in [1.54, 1.807) is 24.7 Å². The Kier molecular flexibility index (Phi) is 5.81. The van der Waals surface area contributed by atoms with E-state index in [2.05, 4.69) is 21.2 Å². The molecule has 0 bridgehead atoms. The fourth-order valence-corrected chi connectivity index (χ4v) is 3.14. The summed E-state index contributed by atoms with van der Waals surface area (Å²) in [7, 11) is 0.943. The predicted octanol–water partition coefficient (Wildman–Crippen LogP) is 1.99. The van der Waals surface area contributed by atoms with Gasteiger partial charge >= 0.3 is 0 Å². The molecule has 1 N–H and O–H groups in total. The minimum atomic E-state index is -0.717. The molecule has 0 aromatic carbocycles. The number of nitrogens with one attached hydrogen (secondary N) is 1. The highest BCUT2D eigenvalue weighted by molar-refractivity contribution is 9.10. The van der Waals surface area contributed by atoms with Crippen LogP contribution in [0.4, 0.5) is 0 Å². The second kappa shape index (κ2) is 6.62. The molecule has 1 aromatic heterocycles. The van der Waals surface area contributed by atoms with E-state index in [1.165, 1.54) is 4.88 Å². The molecule has 15 heavy (non-hydrogen) atoms. The SMILES string of the molecule is COc1sc(CNCCS(C)=O)cc1Br. The first-order valence-electron chi connectivity index (χ1n) is 4.46. The topological polar surface area (TPSA) is 38.3 Å². The van der Waals surface area contributed by atoms with Crippen molar-refractivity contribution in [3.05, 3.63) is 15.4 Å². The second-order valence-corrected chi connectivity index (χ2v) is 6.51. The average Bonchev–Trinajstić information content (AvgIpc) is 2.53. The molecule has 0 fully saturated rings. The summed E-state index contributed by atoms with van der Waals surface area (Å²) in [5.41, 5.74) is 0. The highest BCUT2D eigenvalue weighted by Crippen LogP contribution is 2.34. The zero-order valence-electron chi connectivity index (χ0n) is 8.71. The summed E-state index contributed by atoms with van der Waals surface area (Å²) in [6, 6.07) is 2.04. The van der Waals surface area contributed by atoms with Crippen molar-refractivity contribution in [1.82, 2.24) is 5.32 Å². The fraction of sp³-hybridized carbons (Fsp3) is 0.556. The van der Waals surface area contributed by atoms with Gasteiger partial charge in [0, 0.05) is 40.8 Å². The van der Waals surface area contributed by atoms with E-state index in [0.29, 0.717) is 5.75 Å². The Morgan fingerprint density at radius 3 is 2.93 bits per heavy atom. The monoisotopic (exact) mass is 311 g/mol. The van der Waals surface area contributed by atoms with Gasteiger partial charge in [-0.1, -0.05) is 0 Å². The number of ether oxygens (including phenoxy) is 1. The number of methoxy groups -OCH3 is 1. The van der Waals surface area contributed by atoms with Gasteiger partial charge in [-0.25, -0.2) is 0 Å². The zero-order chi connectivity index (χ0) is 11.3. The summed E-state index contributed by atoms with van der Waals surface area (Å²) >= 11 is 5.03. The van der Waals surface area contributed by atoms with Crippen LogP contribution >= 0.6 is 27.3 Å². The van der Waals surface area contributed by atoms with Gasteiger partial charge in [-0.05, 0) is 22.0 Å². The lowest BCUT2D eigenvalue weighted by atomic mass is 10.4. The van der Waals surface area contributed by atoms with E-state index in [-0.39, 0.29) is 0 Å². The number of thiophene rings is 1. The summed E-state index contributed by atoms with van der Waals surface area (Å²) in [6.07, 6.45) is 1.71. The van der Waals surface area contributed by atoms with E-state index < -0.39 is 10.8 Å². The van der Waals surface area contributed by atoms with Crippen molar-refractivity contribution in [2.45, 2.75) is 6.54 Å². The molecule has 0 amide bonds. The van der Waals surface area contributed by atoms with Crippen molar-refractivity contribution in [2.24, 2.45) is 0 Å². The van der Waals surface area contributed by atoms with Gasteiger partial charge in [0.25, 0.3) is 0 Å². The summed E-state index contributed by atoms with van der Waals surface area (Å²) < 4.78 is 17.0. The quantitative estimate of drug-likeness (QED) is 0.817. The maximum atomic E-state index is 10.8. The fourth-order valence-electron chi connectivity index (χ4n) is 1.05. The van der Waals surface area contributed by atoms with Crippen LogP contribution in [-0.2, 0) is 17.3 Å². The Balaban J connectivity index is 2.34. The summed E-state index contributed by atoms with van der Waals surface area (Å²) in [5, 5.41) is 4.13. The number of halogens is 1. The van der Waals surface area contributed by atoms with Gasteiger partial charge in [0.05, 0.1) is 11.6 Å². The third kappa shape index (κ3) is 4.63. The molecule has 1 unspecified atom stereocenters. The Morgan fingerprint density at radius 1 is 1.67 bits per heavy atom. The van der Waals surface area contributed by atoms with E-state index in [4.69, 9.17) is 4.74 Å². The molecule has 0 radical (unpaired) electrons. The van der Waals surface area contributed by atoms with Crippen LogP contribution in [0.25, 0.3) is 0 Å². The Hall–Kier alpha value is 0.0900. The lowest BCUT2D eigenvalue weighted by Gasteiger charge is -2.00. The lowest BCUT2D eigenvalue weighted by molar-refractivity contribution is 0.425. The van der Waals surface area contributed by atoms with Crippen molar-refractivity contribution in [2.75, 3.05) is 25.7 Å². The van der Waals surface area contributed by atoms with Crippen LogP contribution in [0.15, 0.2) is 10.5 Å². The first-order chi connectivity index (χ1) is 7.13. The van der Waals surface area contributed by atoms with Crippen molar-refractivity contribution < 1.29 is 8.95 Å². The average molecular weight is 312 g/mol. The molecule has 3 nitrogen and oxygen atoms in total. The maximum Gasteiger partial charge on any atom is 0.188 e. The summed E-state index contributed by atoms with van der Waals surface area (Å²) in [5.74, 6) is 0.698. The van der Waals surface area contributed by atoms with E-state index in [0.717, 1.165) is 22.6 Å². The molecule has 0 aliphatic carbocycles. The molecule has 1 aromatic rings. The first-order valence-corrected chi connectivity index (χ1v) is 7.80. The normalized spacial score (nSPS) is 12.7. The maximum absolute atomic E-state index is 10.8. The van der Waals surface area contributed by atoms with Gasteiger partial charge in [-0.15, -0.1) is 11.3 Å². The Labute approximate surface area is 105 Å². The predicted molar refractivity (Wildman–Crippen MR) is 69.2 cm³/mol. The van der Waals surface area contributed by atoms with Crippen LogP contribution in [0.1, 0.15) is 4.88 Å². The summed E-state index contributed by atoms with van der Waals surface area (Å²) in [4.78, 5) is 1.21. The van der Waals surface area contributed by atoms with Crippen molar-refractivity contribution in [3.63, 3.8) is 0 Å². The molecule has 1 rings (SSSR count). The van der Waals surface area contributed by atoms with Crippen LogP contribution in [0, 0.1) is 0 Å².